The van der Waals surface area contributed by atoms with Crippen LogP contribution in [0.4, 0.5) is 11.4 Å². The molecule has 3 N–H and O–H groups in total. The zero-order valence-electron chi connectivity index (χ0n) is 11.3. The van der Waals surface area contributed by atoms with E-state index in [1.165, 1.54) is 12.1 Å². The first-order valence-electron chi connectivity index (χ1n) is 6.08. The number of carbonyl (C=O) groups excluding carboxylic acids is 1. The van der Waals surface area contributed by atoms with Crippen molar-refractivity contribution in [3.63, 3.8) is 0 Å². The second kappa shape index (κ2) is 7.68. The lowest BCUT2D eigenvalue weighted by Gasteiger charge is -2.10. The molecule has 1 rings (SSSR count). The Morgan fingerprint density at radius 2 is 2.10 bits per heavy atom. The molecule has 0 saturated carbocycles. The highest BCUT2D eigenvalue weighted by Crippen LogP contribution is 2.34. The fourth-order valence-electron chi connectivity index (χ4n) is 1.54. The number of hydrogen-bond donors (Lipinski definition) is 3. The van der Waals surface area contributed by atoms with Crippen LogP contribution in [0.25, 0.3) is 0 Å². The molecule has 9 heteroatoms. The normalized spacial score (nSPS) is 9.76. The third-order valence-electron chi connectivity index (χ3n) is 2.36. The summed E-state index contributed by atoms with van der Waals surface area (Å²) in [6, 6.07) is 4.44. The maximum Gasteiger partial charge on any atom is 0.333 e. The van der Waals surface area contributed by atoms with Gasteiger partial charge in [-0.05, 0) is 19.1 Å². The third-order valence-corrected chi connectivity index (χ3v) is 2.36. The quantitative estimate of drug-likeness (QED) is 0.473. The van der Waals surface area contributed by atoms with Crippen molar-refractivity contribution in [1.82, 2.24) is 5.32 Å². The number of carboxylic acids is 1. The molecule has 1 aromatic carbocycles. The molecule has 0 saturated heterocycles. The second-order valence-corrected chi connectivity index (χ2v) is 3.87. The molecule has 0 aliphatic heterocycles. The third kappa shape index (κ3) is 4.97. The molecule has 0 atom stereocenters. The van der Waals surface area contributed by atoms with Crippen molar-refractivity contribution in [3.8, 4) is 5.75 Å². The Balaban J connectivity index is 2.78. The Morgan fingerprint density at radius 1 is 1.38 bits per heavy atom. The summed E-state index contributed by atoms with van der Waals surface area (Å²) in [7, 11) is 0. The molecule has 114 valence electrons. The molecular weight excluding hydrogens is 282 g/mol. The lowest BCUT2D eigenvalue weighted by Crippen LogP contribution is -2.33. The monoisotopic (exact) mass is 297 g/mol. The number of nitrogens with zero attached hydrogens (tertiary/aromatic N) is 1. The zero-order chi connectivity index (χ0) is 15.8. The van der Waals surface area contributed by atoms with Crippen LogP contribution in [-0.4, -0.2) is 41.6 Å². The summed E-state index contributed by atoms with van der Waals surface area (Å²) >= 11 is 0. The number of para-hydroxylation sites is 1. The molecule has 21 heavy (non-hydrogen) atoms. The maximum atomic E-state index is 11.4. The summed E-state index contributed by atoms with van der Waals surface area (Å²) in [6.07, 6.45) is 0. The number of benzene rings is 1. The number of carboxylic acid groups (broad SMARTS) is 1. The van der Waals surface area contributed by atoms with Gasteiger partial charge in [-0.3, -0.25) is 19.7 Å². The molecule has 1 aromatic rings. The summed E-state index contributed by atoms with van der Waals surface area (Å²) < 4.78 is 5.16. The van der Waals surface area contributed by atoms with Gasteiger partial charge in [-0.15, -0.1) is 0 Å². The van der Waals surface area contributed by atoms with Crippen molar-refractivity contribution in [2.45, 2.75) is 6.92 Å². The van der Waals surface area contributed by atoms with Gasteiger partial charge in [0.15, 0.2) is 5.75 Å². The molecule has 0 fully saturated rings. The van der Waals surface area contributed by atoms with Crippen LogP contribution in [0.15, 0.2) is 18.2 Å². The Kier molecular flexibility index (Phi) is 5.93. The van der Waals surface area contributed by atoms with Gasteiger partial charge in [0.05, 0.1) is 18.1 Å². The number of amides is 1. The molecular formula is C12H15N3O6. The molecule has 0 spiro atoms. The van der Waals surface area contributed by atoms with Crippen LogP contribution in [0.5, 0.6) is 5.75 Å². The molecule has 0 radical (unpaired) electrons. The van der Waals surface area contributed by atoms with Gasteiger partial charge in [-0.2, -0.15) is 0 Å². The number of anilines is 1. The maximum absolute atomic E-state index is 11.4. The average Bonchev–Trinajstić information content (AvgIpc) is 2.43. The van der Waals surface area contributed by atoms with Gasteiger partial charge in [-0.1, -0.05) is 6.07 Å². The lowest BCUT2D eigenvalue weighted by molar-refractivity contribution is -0.384. The zero-order valence-corrected chi connectivity index (χ0v) is 11.3. The largest absolute Gasteiger partial charge is 0.487 e. The van der Waals surface area contributed by atoms with Crippen LogP contribution in [0, 0.1) is 10.1 Å². The number of nitro groups is 1. The molecule has 0 unspecified atom stereocenters. The predicted molar refractivity (Wildman–Crippen MR) is 73.4 cm³/mol. The van der Waals surface area contributed by atoms with E-state index in [1.807, 2.05) is 0 Å². The second-order valence-electron chi connectivity index (χ2n) is 3.87. The van der Waals surface area contributed by atoms with Gasteiger partial charge >= 0.3 is 11.7 Å². The molecule has 9 nitrogen and oxygen atoms in total. The van der Waals surface area contributed by atoms with Gasteiger partial charge < -0.3 is 20.5 Å². The standard InChI is InChI=1S/C12H15N3O6/c1-2-21-9-5-3-4-8(12(9)15(19)20)13-6-10(16)14-7-11(17)18/h3-5,13H,2,6-7H2,1H3,(H,14,16)(H,17,18). The van der Waals surface area contributed by atoms with Gasteiger partial charge in [0.25, 0.3) is 0 Å². The van der Waals surface area contributed by atoms with Gasteiger partial charge in [-0.25, -0.2) is 0 Å². The lowest BCUT2D eigenvalue weighted by atomic mass is 10.2. The SMILES string of the molecule is CCOc1cccc(NCC(=O)NCC(=O)O)c1[N+](=O)[O-]. The topological polar surface area (TPSA) is 131 Å². The smallest absolute Gasteiger partial charge is 0.333 e. The number of rotatable bonds is 8. The van der Waals surface area contributed by atoms with E-state index in [2.05, 4.69) is 10.6 Å². The van der Waals surface area contributed by atoms with Crippen molar-refractivity contribution in [1.29, 1.82) is 0 Å². The van der Waals surface area contributed by atoms with Crippen LogP contribution in [0.1, 0.15) is 6.92 Å². The first kappa shape index (κ1) is 16.2. The fraction of sp³-hybridized carbons (Fsp3) is 0.333. The minimum absolute atomic E-state index is 0.0958. The Bertz CT molecular complexity index is 546. The van der Waals surface area contributed by atoms with Gasteiger partial charge in [0.1, 0.15) is 12.2 Å². The van der Waals surface area contributed by atoms with E-state index in [0.717, 1.165) is 0 Å². The predicted octanol–water partition coefficient (Wildman–Crippen LogP) is 0.606. The Labute approximate surface area is 120 Å². The summed E-state index contributed by atoms with van der Waals surface area (Å²) in [6.45, 7) is 1.16. The molecule has 0 aliphatic carbocycles. The highest BCUT2D eigenvalue weighted by Gasteiger charge is 2.21. The molecule has 0 aliphatic rings. The minimum Gasteiger partial charge on any atom is -0.487 e. The first-order chi connectivity index (χ1) is 9.95. The van der Waals surface area contributed by atoms with E-state index >= 15 is 0 Å². The van der Waals surface area contributed by atoms with Crippen molar-refractivity contribution in [2.75, 3.05) is 25.0 Å². The van der Waals surface area contributed by atoms with Crippen molar-refractivity contribution in [2.24, 2.45) is 0 Å². The molecule has 0 bridgehead atoms. The molecule has 1 amide bonds. The van der Waals surface area contributed by atoms with Crippen molar-refractivity contribution >= 4 is 23.3 Å². The minimum atomic E-state index is -1.17. The van der Waals surface area contributed by atoms with E-state index in [-0.39, 0.29) is 30.3 Å². The Morgan fingerprint density at radius 3 is 2.67 bits per heavy atom. The van der Waals surface area contributed by atoms with E-state index in [0.29, 0.717) is 0 Å². The Hall–Kier alpha value is -2.84. The van der Waals surface area contributed by atoms with E-state index < -0.39 is 23.3 Å². The van der Waals surface area contributed by atoms with Crippen LogP contribution >= 0.6 is 0 Å². The summed E-state index contributed by atoms with van der Waals surface area (Å²) in [5, 5.41) is 24.2. The van der Waals surface area contributed by atoms with Crippen molar-refractivity contribution in [3.05, 3.63) is 28.3 Å². The fourth-order valence-corrected chi connectivity index (χ4v) is 1.54. The summed E-state index contributed by atoms with van der Waals surface area (Å²) in [5.74, 6) is -1.67. The molecule has 0 heterocycles. The van der Waals surface area contributed by atoms with Crippen LogP contribution in [-0.2, 0) is 9.59 Å². The number of hydrogen-bond acceptors (Lipinski definition) is 6. The number of ether oxygens (including phenoxy) is 1. The van der Waals surface area contributed by atoms with Crippen LogP contribution in [0.3, 0.4) is 0 Å². The number of nitro benzene ring substituents is 1. The van der Waals surface area contributed by atoms with E-state index in [4.69, 9.17) is 9.84 Å². The summed E-state index contributed by atoms with van der Waals surface area (Å²) in [4.78, 5) is 32.1. The average molecular weight is 297 g/mol. The van der Waals surface area contributed by atoms with Crippen LogP contribution < -0.4 is 15.4 Å². The molecule has 0 aromatic heterocycles. The highest BCUT2D eigenvalue weighted by atomic mass is 16.6. The summed E-state index contributed by atoms with van der Waals surface area (Å²) in [5.41, 5.74) is -0.151. The van der Waals surface area contributed by atoms with Crippen molar-refractivity contribution < 1.29 is 24.4 Å². The van der Waals surface area contributed by atoms with Gasteiger partial charge in [0.2, 0.25) is 5.91 Å². The first-order valence-corrected chi connectivity index (χ1v) is 6.08. The van der Waals surface area contributed by atoms with E-state index in [9.17, 15) is 19.7 Å². The van der Waals surface area contributed by atoms with Gasteiger partial charge in [0, 0.05) is 0 Å². The van der Waals surface area contributed by atoms with Crippen LogP contribution in [0.2, 0.25) is 0 Å². The van der Waals surface area contributed by atoms with E-state index in [1.54, 1.807) is 13.0 Å². The highest BCUT2D eigenvalue weighted by molar-refractivity contribution is 5.85. The number of aliphatic carboxylic acids is 1. The number of carbonyl (C=O) groups is 2. The number of nitrogens with one attached hydrogen (secondary N) is 2.